The maximum Gasteiger partial charge on any atom is 0.251 e. The quantitative estimate of drug-likeness (QED) is 0.871. The molecule has 0 heterocycles. The molecule has 3 N–H and O–H groups in total. The highest BCUT2D eigenvalue weighted by Crippen LogP contribution is 2.20. The fraction of sp³-hybridized carbons (Fsp3) is 0.417. The minimum atomic E-state index is -4.06. The van der Waals surface area contributed by atoms with Crippen LogP contribution in [0.4, 0.5) is 4.39 Å². The van der Waals surface area contributed by atoms with E-state index in [0.717, 1.165) is 12.1 Å². The number of benzene rings is 1. The third-order valence-electron chi connectivity index (χ3n) is 2.55. The number of nitrogens with two attached hydrogens (primary N) is 1. The first-order valence-corrected chi connectivity index (χ1v) is 7.28. The van der Waals surface area contributed by atoms with E-state index in [9.17, 15) is 17.6 Å². The SMILES string of the molecule is Cc1c(C(=O)NCC(C)C)cc(F)cc1S(N)(=O)=O. The van der Waals surface area contributed by atoms with E-state index in [2.05, 4.69) is 5.32 Å². The van der Waals surface area contributed by atoms with Gasteiger partial charge in [-0.25, -0.2) is 17.9 Å². The maximum atomic E-state index is 13.4. The summed E-state index contributed by atoms with van der Waals surface area (Å²) in [5, 5.41) is 7.60. The Morgan fingerprint density at radius 1 is 1.42 bits per heavy atom. The van der Waals surface area contributed by atoms with Gasteiger partial charge in [0.1, 0.15) is 5.82 Å². The molecule has 1 amide bonds. The lowest BCUT2D eigenvalue weighted by Gasteiger charge is -2.12. The van der Waals surface area contributed by atoms with Gasteiger partial charge in [-0.3, -0.25) is 4.79 Å². The predicted molar refractivity (Wildman–Crippen MR) is 69.7 cm³/mol. The van der Waals surface area contributed by atoms with Crippen molar-refractivity contribution in [3.05, 3.63) is 29.1 Å². The van der Waals surface area contributed by atoms with Gasteiger partial charge in [0.05, 0.1) is 4.90 Å². The standard InChI is InChI=1S/C12H17FN2O3S/c1-7(2)6-15-12(16)10-4-9(13)5-11(8(10)3)19(14,17)18/h4-5,7H,6H2,1-3H3,(H,15,16)(H2,14,17,18). The van der Waals surface area contributed by atoms with Gasteiger partial charge in [-0.15, -0.1) is 0 Å². The van der Waals surface area contributed by atoms with Gasteiger partial charge in [-0.1, -0.05) is 13.8 Å². The van der Waals surface area contributed by atoms with Crippen molar-refractivity contribution in [3.8, 4) is 0 Å². The third-order valence-corrected chi connectivity index (χ3v) is 3.58. The van der Waals surface area contributed by atoms with E-state index in [1.165, 1.54) is 6.92 Å². The normalized spacial score (nSPS) is 11.7. The number of nitrogens with one attached hydrogen (secondary N) is 1. The number of hydrogen-bond acceptors (Lipinski definition) is 3. The highest BCUT2D eigenvalue weighted by atomic mass is 32.2. The zero-order chi connectivity index (χ0) is 14.8. The Labute approximate surface area is 112 Å². The number of sulfonamides is 1. The molecule has 0 radical (unpaired) electrons. The first kappa shape index (κ1) is 15.6. The molecule has 0 spiro atoms. The Kier molecular flexibility index (Phi) is 4.65. The first-order valence-electron chi connectivity index (χ1n) is 5.74. The van der Waals surface area contributed by atoms with Gasteiger partial charge in [0.15, 0.2) is 0 Å². The van der Waals surface area contributed by atoms with Crippen molar-refractivity contribution >= 4 is 15.9 Å². The van der Waals surface area contributed by atoms with Crippen molar-refractivity contribution in [2.75, 3.05) is 6.54 Å². The molecule has 0 aromatic heterocycles. The second-order valence-corrected chi connectivity index (χ2v) is 6.26. The summed E-state index contributed by atoms with van der Waals surface area (Å²) in [6.45, 7) is 5.66. The van der Waals surface area contributed by atoms with Crippen molar-refractivity contribution in [2.24, 2.45) is 11.1 Å². The van der Waals surface area contributed by atoms with Gasteiger partial charge in [0.2, 0.25) is 10.0 Å². The van der Waals surface area contributed by atoms with Crippen LogP contribution < -0.4 is 10.5 Å². The zero-order valence-corrected chi connectivity index (χ0v) is 11.8. The van der Waals surface area contributed by atoms with Gasteiger partial charge in [0.25, 0.3) is 5.91 Å². The molecule has 1 aromatic carbocycles. The molecule has 0 aliphatic heterocycles. The Morgan fingerprint density at radius 3 is 2.47 bits per heavy atom. The van der Waals surface area contributed by atoms with Crippen LogP contribution in [0.1, 0.15) is 29.8 Å². The van der Waals surface area contributed by atoms with Gasteiger partial charge in [-0.05, 0) is 30.5 Å². The minimum Gasteiger partial charge on any atom is -0.352 e. The second-order valence-electron chi connectivity index (χ2n) is 4.73. The van der Waals surface area contributed by atoms with Crippen molar-refractivity contribution in [3.63, 3.8) is 0 Å². The van der Waals surface area contributed by atoms with Crippen LogP contribution in [0.5, 0.6) is 0 Å². The molecule has 0 unspecified atom stereocenters. The van der Waals surface area contributed by atoms with Gasteiger partial charge < -0.3 is 5.32 Å². The summed E-state index contributed by atoms with van der Waals surface area (Å²) in [5.41, 5.74) is 0.120. The van der Waals surface area contributed by atoms with Gasteiger partial charge >= 0.3 is 0 Å². The lowest BCUT2D eigenvalue weighted by atomic mass is 10.1. The van der Waals surface area contributed by atoms with Gasteiger partial charge in [0, 0.05) is 12.1 Å². The summed E-state index contributed by atoms with van der Waals surface area (Å²) in [5.74, 6) is -1.10. The number of halogens is 1. The van der Waals surface area contributed by atoms with Crippen LogP contribution in [-0.4, -0.2) is 20.9 Å². The minimum absolute atomic E-state index is 0.0234. The molecule has 0 atom stereocenters. The van der Waals surface area contributed by atoms with Crippen molar-refractivity contribution < 1.29 is 17.6 Å². The van der Waals surface area contributed by atoms with E-state index in [0.29, 0.717) is 6.54 Å². The average molecular weight is 288 g/mol. The van der Waals surface area contributed by atoms with Crippen LogP contribution in [0.2, 0.25) is 0 Å². The fourth-order valence-corrected chi connectivity index (χ4v) is 2.39. The molecule has 1 rings (SSSR count). The molecule has 0 fully saturated rings. The van der Waals surface area contributed by atoms with Crippen LogP contribution in [0.3, 0.4) is 0 Å². The Bertz CT molecular complexity index is 597. The monoisotopic (exact) mass is 288 g/mol. The largest absolute Gasteiger partial charge is 0.352 e. The van der Waals surface area contributed by atoms with Crippen LogP contribution in [0, 0.1) is 18.7 Å². The molecule has 0 saturated heterocycles. The summed E-state index contributed by atoms with van der Waals surface area (Å²) in [6, 6.07) is 1.81. The van der Waals surface area contributed by atoms with E-state index < -0.39 is 21.7 Å². The molecule has 0 saturated carbocycles. The van der Waals surface area contributed by atoms with E-state index in [1.807, 2.05) is 13.8 Å². The topological polar surface area (TPSA) is 89.3 Å². The number of carbonyl (C=O) groups is 1. The molecule has 0 aliphatic carbocycles. The van der Waals surface area contributed by atoms with Crippen molar-refractivity contribution in [2.45, 2.75) is 25.7 Å². The lowest BCUT2D eigenvalue weighted by Crippen LogP contribution is -2.28. The molecule has 106 valence electrons. The Hall–Kier alpha value is -1.47. The lowest BCUT2D eigenvalue weighted by molar-refractivity contribution is 0.0947. The highest BCUT2D eigenvalue weighted by Gasteiger charge is 2.20. The third kappa shape index (κ3) is 4.00. The second kappa shape index (κ2) is 5.66. The fourth-order valence-electron chi connectivity index (χ4n) is 1.58. The average Bonchev–Trinajstić information content (AvgIpc) is 2.27. The van der Waals surface area contributed by atoms with Crippen LogP contribution >= 0.6 is 0 Å². The van der Waals surface area contributed by atoms with E-state index in [1.54, 1.807) is 0 Å². The van der Waals surface area contributed by atoms with E-state index in [4.69, 9.17) is 5.14 Å². The number of rotatable bonds is 4. The number of amides is 1. The maximum absolute atomic E-state index is 13.4. The molecular formula is C12H17FN2O3S. The van der Waals surface area contributed by atoms with Crippen molar-refractivity contribution in [1.82, 2.24) is 5.32 Å². The number of hydrogen-bond donors (Lipinski definition) is 2. The Morgan fingerprint density at radius 2 is 2.00 bits per heavy atom. The number of primary sulfonamides is 1. The van der Waals surface area contributed by atoms with E-state index in [-0.39, 0.29) is 21.9 Å². The summed E-state index contributed by atoms with van der Waals surface area (Å²) in [4.78, 5) is 11.5. The Balaban J connectivity index is 3.22. The highest BCUT2D eigenvalue weighted by molar-refractivity contribution is 7.89. The molecular weight excluding hydrogens is 271 g/mol. The molecule has 1 aromatic rings. The number of carbonyl (C=O) groups excluding carboxylic acids is 1. The molecule has 0 aliphatic rings. The van der Waals surface area contributed by atoms with Crippen LogP contribution in [-0.2, 0) is 10.0 Å². The van der Waals surface area contributed by atoms with Crippen LogP contribution in [0.15, 0.2) is 17.0 Å². The summed E-state index contributed by atoms with van der Waals surface area (Å²) < 4.78 is 36.0. The van der Waals surface area contributed by atoms with Crippen molar-refractivity contribution in [1.29, 1.82) is 0 Å². The molecule has 5 nitrogen and oxygen atoms in total. The summed E-state index contributed by atoms with van der Waals surface area (Å²) >= 11 is 0. The molecule has 0 bridgehead atoms. The van der Waals surface area contributed by atoms with Crippen LogP contribution in [0.25, 0.3) is 0 Å². The van der Waals surface area contributed by atoms with Gasteiger partial charge in [-0.2, -0.15) is 0 Å². The summed E-state index contributed by atoms with van der Waals surface area (Å²) in [6.07, 6.45) is 0. The molecule has 7 heteroatoms. The predicted octanol–water partition coefficient (Wildman–Crippen LogP) is 1.17. The molecule has 19 heavy (non-hydrogen) atoms. The smallest absolute Gasteiger partial charge is 0.251 e. The van der Waals surface area contributed by atoms with E-state index >= 15 is 0 Å². The zero-order valence-electron chi connectivity index (χ0n) is 11.0. The summed E-state index contributed by atoms with van der Waals surface area (Å²) in [7, 11) is -4.06. The first-order chi connectivity index (χ1) is 8.62.